The molecule has 0 spiro atoms. The molecule has 0 unspecified atom stereocenters. The van der Waals surface area contributed by atoms with Gasteiger partial charge in [0.25, 0.3) is 0 Å². The topological polar surface area (TPSA) is 27.7 Å². The van der Waals surface area contributed by atoms with Gasteiger partial charge in [0.05, 0.1) is 21.3 Å². The van der Waals surface area contributed by atoms with E-state index in [1.165, 1.54) is 24.0 Å². The lowest BCUT2D eigenvalue weighted by Crippen LogP contribution is -1.97. The third-order valence-corrected chi connectivity index (χ3v) is 4.00. The van der Waals surface area contributed by atoms with E-state index < -0.39 is 0 Å². The number of ether oxygens (including phenoxy) is 3. The Balaban J connectivity index is 1.85. The number of unbranched alkanes of at least 4 members (excludes halogenated alkanes) is 2. The van der Waals surface area contributed by atoms with Crippen LogP contribution in [0.4, 0.5) is 0 Å². The van der Waals surface area contributed by atoms with Gasteiger partial charge in [0.15, 0.2) is 11.5 Å². The van der Waals surface area contributed by atoms with E-state index >= 15 is 0 Å². The fourth-order valence-electron chi connectivity index (χ4n) is 2.76. The molecule has 0 aromatic heterocycles. The average molecular weight is 314 g/mol. The smallest absolute Gasteiger partial charge is 0.203 e. The highest BCUT2D eigenvalue weighted by Gasteiger charge is 2.12. The molecular weight excluding hydrogens is 288 g/mol. The molecule has 3 nitrogen and oxygen atoms in total. The van der Waals surface area contributed by atoms with Crippen LogP contribution in [0.3, 0.4) is 0 Å². The Morgan fingerprint density at radius 2 is 1.22 bits per heavy atom. The van der Waals surface area contributed by atoms with E-state index in [1.807, 2.05) is 12.1 Å². The van der Waals surface area contributed by atoms with Crippen LogP contribution in [-0.4, -0.2) is 21.3 Å². The molecule has 0 radical (unpaired) electrons. The van der Waals surface area contributed by atoms with Crippen LogP contribution in [0, 0.1) is 0 Å². The van der Waals surface area contributed by atoms with Gasteiger partial charge in [-0.2, -0.15) is 0 Å². The quantitative estimate of drug-likeness (QED) is 0.630. The van der Waals surface area contributed by atoms with Crippen LogP contribution in [0.5, 0.6) is 17.2 Å². The monoisotopic (exact) mass is 314 g/mol. The van der Waals surface area contributed by atoms with Crippen molar-refractivity contribution in [1.29, 1.82) is 0 Å². The minimum Gasteiger partial charge on any atom is -0.493 e. The number of benzene rings is 2. The van der Waals surface area contributed by atoms with Crippen molar-refractivity contribution in [1.82, 2.24) is 0 Å². The summed E-state index contributed by atoms with van der Waals surface area (Å²) in [5.74, 6) is 2.11. The molecule has 23 heavy (non-hydrogen) atoms. The minimum absolute atomic E-state index is 0.655. The van der Waals surface area contributed by atoms with E-state index in [0.717, 1.165) is 30.8 Å². The Morgan fingerprint density at radius 1 is 0.652 bits per heavy atom. The normalized spacial score (nSPS) is 10.4. The van der Waals surface area contributed by atoms with Gasteiger partial charge in [-0.05, 0) is 48.9 Å². The maximum absolute atomic E-state index is 5.40. The first-order chi connectivity index (χ1) is 11.3. The standard InChI is InChI=1S/C20H26O3/c1-21-18-14-17(15-19(22-2)20(18)23-3)13-9-5-8-12-16-10-6-4-7-11-16/h4,6-7,10-11,14-15H,5,8-9,12-13H2,1-3H3. The molecule has 0 fully saturated rings. The number of rotatable bonds is 9. The van der Waals surface area contributed by atoms with Crippen LogP contribution in [-0.2, 0) is 12.8 Å². The summed E-state index contributed by atoms with van der Waals surface area (Å²) in [6.45, 7) is 0. The molecule has 0 N–H and O–H groups in total. The molecule has 0 amide bonds. The molecule has 0 aliphatic rings. The van der Waals surface area contributed by atoms with Gasteiger partial charge in [0.1, 0.15) is 0 Å². The predicted octanol–water partition coefficient (Wildman–Crippen LogP) is 4.67. The minimum atomic E-state index is 0.655. The molecule has 0 saturated carbocycles. The Morgan fingerprint density at radius 3 is 1.74 bits per heavy atom. The Hall–Kier alpha value is -2.16. The van der Waals surface area contributed by atoms with E-state index in [0.29, 0.717) is 5.75 Å². The summed E-state index contributed by atoms with van der Waals surface area (Å²) in [6, 6.07) is 14.7. The third-order valence-electron chi connectivity index (χ3n) is 4.00. The highest BCUT2D eigenvalue weighted by molar-refractivity contribution is 5.53. The van der Waals surface area contributed by atoms with Crippen LogP contribution in [0.2, 0.25) is 0 Å². The van der Waals surface area contributed by atoms with Crippen molar-refractivity contribution < 1.29 is 14.2 Å². The number of hydrogen-bond donors (Lipinski definition) is 0. The van der Waals surface area contributed by atoms with Gasteiger partial charge >= 0.3 is 0 Å². The van der Waals surface area contributed by atoms with E-state index in [2.05, 4.69) is 30.3 Å². The number of methoxy groups -OCH3 is 3. The summed E-state index contributed by atoms with van der Waals surface area (Å²) < 4.78 is 16.2. The Labute approximate surface area is 139 Å². The van der Waals surface area contributed by atoms with Gasteiger partial charge in [-0.15, -0.1) is 0 Å². The van der Waals surface area contributed by atoms with Crippen molar-refractivity contribution in [2.24, 2.45) is 0 Å². The summed E-state index contributed by atoms with van der Waals surface area (Å²) in [5.41, 5.74) is 2.64. The highest BCUT2D eigenvalue weighted by Crippen LogP contribution is 2.38. The van der Waals surface area contributed by atoms with Crippen LogP contribution in [0.25, 0.3) is 0 Å². The zero-order valence-corrected chi connectivity index (χ0v) is 14.3. The van der Waals surface area contributed by atoms with E-state index in [9.17, 15) is 0 Å². The van der Waals surface area contributed by atoms with Crippen molar-refractivity contribution in [3.63, 3.8) is 0 Å². The van der Waals surface area contributed by atoms with Crippen LogP contribution < -0.4 is 14.2 Å². The van der Waals surface area contributed by atoms with Gasteiger partial charge < -0.3 is 14.2 Å². The molecule has 2 aromatic carbocycles. The fourth-order valence-corrected chi connectivity index (χ4v) is 2.76. The van der Waals surface area contributed by atoms with Crippen LogP contribution in [0.15, 0.2) is 42.5 Å². The summed E-state index contributed by atoms with van der Waals surface area (Å²) >= 11 is 0. The van der Waals surface area contributed by atoms with Crippen molar-refractivity contribution >= 4 is 0 Å². The van der Waals surface area contributed by atoms with Crippen molar-refractivity contribution in [2.75, 3.05) is 21.3 Å². The molecule has 0 saturated heterocycles. The second kappa shape index (κ2) is 9.09. The SMILES string of the molecule is COc1cc(CCCCCc2ccccc2)cc(OC)c1OC. The zero-order chi connectivity index (χ0) is 16.5. The third kappa shape index (κ3) is 4.92. The average Bonchev–Trinajstić information content (AvgIpc) is 2.61. The van der Waals surface area contributed by atoms with Gasteiger partial charge in [0.2, 0.25) is 5.75 Å². The molecule has 0 aliphatic carbocycles. The van der Waals surface area contributed by atoms with Gasteiger partial charge in [-0.3, -0.25) is 0 Å². The lowest BCUT2D eigenvalue weighted by atomic mass is 10.0. The maximum Gasteiger partial charge on any atom is 0.203 e. The molecule has 2 aromatic rings. The number of hydrogen-bond acceptors (Lipinski definition) is 3. The summed E-state index contributed by atoms with van der Waals surface area (Å²) in [6.07, 6.45) is 5.76. The van der Waals surface area contributed by atoms with E-state index in [-0.39, 0.29) is 0 Å². The molecular formula is C20H26O3. The lowest BCUT2D eigenvalue weighted by Gasteiger charge is -2.14. The lowest BCUT2D eigenvalue weighted by molar-refractivity contribution is 0.323. The van der Waals surface area contributed by atoms with E-state index in [1.54, 1.807) is 21.3 Å². The first-order valence-corrected chi connectivity index (χ1v) is 8.11. The maximum atomic E-state index is 5.40. The van der Waals surface area contributed by atoms with Crippen molar-refractivity contribution in [3.05, 3.63) is 53.6 Å². The Bertz CT molecular complexity index is 568. The molecule has 0 atom stereocenters. The number of aryl methyl sites for hydroxylation is 2. The molecule has 0 bridgehead atoms. The zero-order valence-electron chi connectivity index (χ0n) is 14.3. The largest absolute Gasteiger partial charge is 0.493 e. The van der Waals surface area contributed by atoms with Crippen molar-refractivity contribution in [2.45, 2.75) is 32.1 Å². The van der Waals surface area contributed by atoms with Crippen LogP contribution in [0.1, 0.15) is 30.4 Å². The first kappa shape index (κ1) is 17.2. The van der Waals surface area contributed by atoms with Gasteiger partial charge in [0, 0.05) is 0 Å². The Kier molecular flexibility index (Phi) is 6.79. The first-order valence-electron chi connectivity index (χ1n) is 8.11. The van der Waals surface area contributed by atoms with Crippen molar-refractivity contribution in [3.8, 4) is 17.2 Å². The predicted molar refractivity (Wildman–Crippen MR) is 93.8 cm³/mol. The second-order valence-electron chi connectivity index (χ2n) is 5.58. The molecule has 3 heteroatoms. The molecule has 124 valence electrons. The molecule has 0 aliphatic heterocycles. The van der Waals surface area contributed by atoms with Crippen LogP contribution >= 0.6 is 0 Å². The van der Waals surface area contributed by atoms with Gasteiger partial charge in [-0.1, -0.05) is 36.8 Å². The molecule has 2 rings (SSSR count). The second-order valence-corrected chi connectivity index (χ2v) is 5.58. The summed E-state index contributed by atoms with van der Waals surface area (Å²) in [7, 11) is 4.94. The highest BCUT2D eigenvalue weighted by atomic mass is 16.5. The van der Waals surface area contributed by atoms with E-state index in [4.69, 9.17) is 14.2 Å². The summed E-state index contributed by atoms with van der Waals surface area (Å²) in [4.78, 5) is 0. The summed E-state index contributed by atoms with van der Waals surface area (Å²) in [5, 5.41) is 0. The van der Waals surface area contributed by atoms with Gasteiger partial charge in [-0.25, -0.2) is 0 Å². The fraction of sp³-hybridized carbons (Fsp3) is 0.400. The molecule has 0 heterocycles.